The van der Waals surface area contributed by atoms with Crippen LogP contribution in [0.3, 0.4) is 0 Å². The van der Waals surface area contributed by atoms with Gasteiger partial charge in [0, 0.05) is 12.6 Å². The van der Waals surface area contributed by atoms with Crippen LogP contribution in [0, 0.1) is 13.8 Å². The molecule has 0 radical (unpaired) electrons. The van der Waals surface area contributed by atoms with E-state index in [1.807, 2.05) is 0 Å². The zero-order valence-corrected chi connectivity index (χ0v) is 10.3. The second-order valence-electron chi connectivity index (χ2n) is 4.71. The Kier molecular flexibility index (Phi) is 3.79. The summed E-state index contributed by atoms with van der Waals surface area (Å²) >= 11 is 0. The Morgan fingerprint density at radius 1 is 1.31 bits per heavy atom. The highest BCUT2D eigenvalue weighted by atomic mass is 14.9. The van der Waals surface area contributed by atoms with E-state index in [1.54, 1.807) is 0 Å². The predicted octanol–water partition coefficient (Wildman–Crippen LogP) is 3.50. The van der Waals surface area contributed by atoms with E-state index in [4.69, 9.17) is 0 Å². The van der Waals surface area contributed by atoms with Gasteiger partial charge in [0.05, 0.1) is 0 Å². The SMILES string of the molecule is Cc1cccc(CNC2C=CCCC2)c1C. The molecular formula is C15H21N. The van der Waals surface area contributed by atoms with Crippen molar-refractivity contribution in [2.75, 3.05) is 0 Å². The van der Waals surface area contributed by atoms with Crippen LogP contribution in [0.15, 0.2) is 30.4 Å². The Hall–Kier alpha value is -1.08. The molecule has 0 saturated carbocycles. The molecule has 1 aromatic rings. The molecule has 0 aromatic heterocycles. The molecule has 1 atom stereocenters. The van der Waals surface area contributed by atoms with E-state index >= 15 is 0 Å². The Balaban J connectivity index is 1.96. The third-order valence-electron chi connectivity index (χ3n) is 3.53. The smallest absolute Gasteiger partial charge is 0.0253 e. The van der Waals surface area contributed by atoms with Crippen molar-refractivity contribution >= 4 is 0 Å². The first kappa shape index (κ1) is 11.4. The van der Waals surface area contributed by atoms with Crippen LogP contribution < -0.4 is 5.32 Å². The van der Waals surface area contributed by atoms with Crippen molar-refractivity contribution in [3.63, 3.8) is 0 Å². The number of nitrogens with one attached hydrogen (secondary N) is 1. The first-order chi connectivity index (χ1) is 7.77. The fourth-order valence-corrected chi connectivity index (χ4v) is 2.23. The molecule has 1 aliphatic rings. The lowest BCUT2D eigenvalue weighted by Crippen LogP contribution is -2.28. The van der Waals surface area contributed by atoms with Crippen LogP contribution in [0.25, 0.3) is 0 Å². The maximum atomic E-state index is 3.62. The van der Waals surface area contributed by atoms with Gasteiger partial charge in [-0.1, -0.05) is 30.4 Å². The van der Waals surface area contributed by atoms with Gasteiger partial charge in [-0.3, -0.25) is 0 Å². The summed E-state index contributed by atoms with van der Waals surface area (Å²) in [4.78, 5) is 0. The fraction of sp³-hybridized carbons (Fsp3) is 0.467. The van der Waals surface area contributed by atoms with Gasteiger partial charge in [0.2, 0.25) is 0 Å². The van der Waals surface area contributed by atoms with Crippen LogP contribution in [0.2, 0.25) is 0 Å². The topological polar surface area (TPSA) is 12.0 Å². The van der Waals surface area contributed by atoms with Crippen molar-refractivity contribution in [1.29, 1.82) is 0 Å². The Morgan fingerprint density at radius 2 is 2.19 bits per heavy atom. The van der Waals surface area contributed by atoms with Crippen LogP contribution in [-0.4, -0.2) is 6.04 Å². The van der Waals surface area contributed by atoms with Crippen molar-refractivity contribution < 1.29 is 0 Å². The minimum absolute atomic E-state index is 0.577. The van der Waals surface area contributed by atoms with Crippen molar-refractivity contribution in [3.05, 3.63) is 47.0 Å². The molecule has 1 unspecified atom stereocenters. The van der Waals surface area contributed by atoms with Gasteiger partial charge in [-0.05, 0) is 49.8 Å². The monoisotopic (exact) mass is 215 g/mol. The summed E-state index contributed by atoms with van der Waals surface area (Å²) in [5, 5.41) is 3.62. The Labute approximate surface area is 98.6 Å². The standard InChI is InChI=1S/C15H21N/c1-12-7-6-8-14(13(12)2)11-16-15-9-4-3-5-10-15/h4,6-9,15-16H,3,5,10-11H2,1-2H3. The highest BCUT2D eigenvalue weighted by Crippen LogP contribution is 2.14. The molecule has 86 valence electrons. The molecule has 1 aliphatic carbocycles. The van der Waals surface area contributed by atoms with E-state index in [0.717, 1.165) is 6.54 Å². The molecule has 0 amide bonds. The molecule has 1 nitrogen and oxygen atoms in total. The van der Waals surface area contributed by atoms with Crippen molar-refractivity contribution in [2.45, 2.75) is 45.7 Å². The summed E-state index contributed by atoms with van der Waals surface area (Å²) in [6.45, 7) is 5.38. The van der Waals surface area contributed by atoms with Gasteiger partial charge >= 0.3 is 0 Å². The maximum Gasteiger partial charge on any atom is 0.0253 e. The summed E-state index contributed by atoms with van der Waals surface area (Å²) in [6, 6.07) is 7.13. The molecule has 0 aliphatic heterocycles. The molecule has 0 heterocycles. The van der Waals surface area contributed by atoms with E-state index < -0.39 is 0 Å². The number of rotatable bonds is 3. The van der Waals surface area contributed by atoms with Crippen LogP contribution in [0.4, 0.5) is 0 Å². The zero-order chi connectivity index (χ0) is 11.4. The quantitative estimate of drug-likeness (QED) is 0.761. The lowest BCUT2D eigenvalue weighted by Gasteiger charge is -2.19. The number of benzene rings is 1. The zero-order valence-electron chi connectivity index (χ0n) is 10.3. The largest absolute Gasteiger partial charge is 0.306 e. The van der Waals surface area contributed by atoms with Crippen LogP contribution in [0.1, 0.15) is 36.0 Å². The summed E-state index contributed by atoms with van der Waals surface area (Å²) < 4.78 is 0. The van der Waals surface area contributed by atoms with Gasteiger partial charge < -0.3 is 5.32 Å². The molecule has 1 N–H and O–H groups in total. The maximum absolute atomic E-state index is 3.62. The average molecular weight is 215 g/mol. The fourth-order valence-electron chi connectivity index (χ4n) is 2.23. The summed E-state index contributed by atoms with van der Waals surface area (Å²) in [5.41, 5.74) is 4.24. The molecule has 0 saturated heterocycles. The number of aryl methyl sites for hydroxylation is 1. The first-order valence-corrected chi connectivity index (χ1v) is 6.22. The lowest BCUT2D eigenvalue weighted by atomic mass is 10.0. The second kappa shape index (κ2) is 5.31. The van der Waals surface area contributed by atoms with Crippen LogP contribution >= 0.6 is 0 Å². The Bertz CT molecular complexity index is 379. The molecule has 0 bridgehead atoms. The number of allylic oxidation sites excluding steroid dienone is 1. The van der Waals surface area contributed by atoms with E-state index in [9.17, 15) is 0 Å². The molecule has 1 heteroatoms. The lowest BCUT2D eigenvalue weighted by molar-refractivity contribution is 0.521. The third kappa shape index (κ3) is 2.73. The van der Waals surface area contributed by atoms with E-state index in [1.165, 1.54) is 36.0 Å². The van der Waals surface area contributed by atoms with Gasteiger partial charge in [-0.15, -0.1) is 0 Å². The second-order valence-corrected chi connectivity index (χ2v) is 4.71. The number of hydrogen-bond acceptors (Lipinski definition) is 1. The minimum atomic E-state index is 0.577. The van der Waals surface area contributed by atoms with E-state index in [2.05, 4.69) is 49.5 Å². The predicted molar refractivity (Wildman–Crippen MR) is 69.5 cm³/mol. The molecule has 0 spiro atoms. The van der Waals surface area contributed by atoms with Crippen LogP contribution in [-0.2, 0) is 6.54 Å². The van der Waals surface area contributed by atoms with Crippen molar-refractivity contribution in [3.8, 4) is 0 Å². The molecule has 1 aromatic carbocycles. The third-order valence-corrected chi connectivity index (χ3v) is 3.53. The van der Waals surface area contributed by atoms with Gasteiger partial charge in [0.15, 0.2) is 0 Å². The minimum Gasteiger partial charge on any atom is -0.306 e. The average Bonchev–Trinajstić information content (AvgIpc) is 2.32. The molecule has 0 fully saturated rings. The van der Waals surface area contributed by atoms with Crippen molar-refractivity contribution in [2.24, 2.45) is 0 Å². The van der Waals surface area contributed by atoms with E-state index in [-0.39, 0.29) is 0 Å². The first-order valence-electron chi connectivity index (χ1n) is 6.22. The van der Waals surface area contributed by atoms with Gasteiger partial charge in [-0.2, -0.15) is 0 Å². The summed E-state index contributed by atoms with van der Waals surface area (Å²) in [7, 11) is 0. The number of hydrogen-bond donors (Lipinski definition) is 1. The highest BCUT2D eigenvalue weighted by molar-refractivity contribution is 5.33. The normalized spacial score (nSPS) is 20.0. The summed E-state index contributed by atoms with van der Waals surface area (Å²) in [6.07, 6.45) is 8.46. The Morgan fingerprint density at radius 3 is 2.94 bits per heavy atom. The van der Waals surface area contributed by atoms with Crippen LogP contribution in [0.5, 0.6) is 0 Å². The van der Waals surface area contributed by atoms with Gasteiger partial charge in [0.1, 0.15) is 0 Å². The molecular weight excluding hydrogens is 194 g/mol. The van der Waals surface area contributed by atoms with Gasteiger partial charge in [0.25, 0.3) is 0 Å². The van der Waals surface area contributed by atoms with E-state index in [0.29, 0.717) is 6.04 Å². The summed E-state index contributed by atoms with van der Waals surface area (Å²) in [5.74, 6) is 0. The van der Waals surface area contributed by atoms with Crippen molar-refractivity contribution in [1.82, 2.24) is 5.32 Å². The molecule has 2 rings (SSSR count). The molecule has 16 heavy (non-hydrogen) atoms. The highest BCUT2D eigenvalue weighted by Gasteiger charge is 2.08. The van der Waals surface area contributed by atoms with Gasteiger partial charge in [-0.25, -0.2) is 0 Å².